The van der Waals surface area contributed by atoms with Gasteiger partial charge in [-0.25, -0.2) is 14.1 Å². The minimum absolute atomic E-state index is 0.208. The van der Waals surface area contributed by atoms with E-state index in [4.69, 9.17) is 0 Å². The van der Waals surface area contributed by atoms with Crippen molar-refractivity contribution >= 4 is 5.91 Å². The molecule has 1 N–H and O–H groups in total. The number of imidazole rings is 1. The van der Waals surface area contributed by atoms with E-state index < -0.39 is 0 Å². The smallest absolute Gasteiger partial charge is 0.254 e. The van der Waals surface area contributed by atoms with Gasteiger partial charge < -0.3 is 9.88 Å². The van der Waals surface area contributed by atoms with Gasteiger partial charge in [0.2, 0.25) is 0 Å². The summed E-state index contributed by atoms with van der Waals surface area (Å²) in [6, 6.07) is 6.34. The average molecular weight is 327 g/mol. The maximum atomic E-state index is 13.9. The van der Waals surface area contributed by atoms with Gasteiger partial charge in [-0.05, 0) is 25.5 Å². The van der Waals surface area contributed by atoms with Crippen LogP contribution >= 0.6 is 0 Å². The molecule has 2 heterocycles. The molecule has 24 heavy (non-hydrogen) atoms. The van der Waals surface area contributed by atoms with Crippen molar-refractivity contribution in [3.05, 3.63) is 66.3 Å². The lowest BCUT2D eigenvalue weighted by Crippen LogP contribution is -2.25. The van der Waals surface area contributed by atoms with Crippen molar-refractivity contribution in [3.63, 3.8) is 0 Å². The number of amides is 1. The predicted molar refractivity (Wildman–Crippen MR) is 87.4 cm³/mol. The SMILES string of the molecule is Cc1c(C(=O)NCCCn2ccnc2)cnn1-c1ccccc1F. The van der Waals surface area contributed by atoms with Crippen LogP contribution < -0.4 is 5.32 Å². The van der Waals surface area contributed by atoms with Gasteiger partial charge in [-0.1, -0.05) is 12.1 Å². The van der Waals surface area contributed by atoms with Gasteiger partial charge in [0.05, 0.1) is 23.8 Å². The van der Waals surface area contributed by atoms with Crippen molar-refractivity contribution < 1.29 is 9.18 Å². The van der Waals surface area contributed by atoms with Crippen molar-refractivity contribution in [3.8, 4) is 5.69 Å². The van der Waals surface area contributed by atoms with E-state index in [0.717, 1.165) is 13.0 Å². The molecule has 0 fully saturated rings. The molecule has 1 aromatic carbocycles. The minimum atomic E-state index is -0.379. The molecule has 3 rings (SSSR count). The van der Waals surface area contributed by atoms with E-state index in [2.05, 4.69) is 15.4 Å². The Morgan fingerprint density at radius 1 is 1.33 bits per heavy atom. The quantitative estimate of drug-likeness (QED) is 0.707. The standard InChI is InChI=1S/C17H18FN5O/c1-13-14(11-21-23(13)16-6-3-2-5-15(16)18)17(24)20-7-4-9-22-10-8-19-12-22/h2-3,5-6,8,10-12H,4,7,9H2,1H3,(H,20,24). The van der Waals surface area contributed by atoms with Crippen LogP contribution in [-0.4, -0.2) is 31.8 Å². The van der Waals surface area contributed by atoms with Gasteiger partial charge in [-0.3, -0.25) is 4.79 Å². The molecule has 0 aliphatic heterocycles. The van der Waals surface area contributed by atoms with Crippen LogP contribution in [0.25, 0.3) is 5.69 Å². The Hall–Kier alpha value is -2.96. The molecule has 0 bridgehead atoms. The van der Waals surface area contributed by atoms with Gasteiger partial charge >= 0.3 is 0 Å². The molecule has 124 valence electrons. The molecule has 2 aromatic heterocycles. The summed E-state index contributed by atoms with van der Waals surface area (Å²) in [7, 11) is 0. The Labute approximate surface area is 138 Å². The van der Waals surface area contributed by atoms with Gasteiger partial charge in [-0.2, -0.15) is 5.10 Å². The van der Waals surface area contributed by atoms with Crippen LogP contribution in [0.4, 0.5) is 4.39 Å². The van der Waals surface area contributed by atoms with Crippen LogP contribution in [0, 0.1) is 12.7 Å². The van der Waals surface area contributed by atoms with E-state index in [1.54, 1.807) is 37.6 Å². The zero-order chi connectivity index (χ0) is 16.9. The van der Waals surface area contributed by atoms with Crippen LogP contribution in [-0.2, 0) is 6.54 Å². The molecular weight excluding hydrogens is 309 g/mol. The molecule has 0 spiro atoms. The fourth-order valence-electron chi connectivity index (χ4n) is 2.48. The number of carbonyl (C=O) groups excluding carboxylic acids is 1. The molecule has 0 atom stereocenters. The van der Waals surface area contributed by atoms with Gasteiger partial charge in [-0.15, -0.1) is 0 Å². The Bertz CT molecular complexity index is 825. The van der Waals surface area contributed by atoms with Crippen LogP contribution in [0.1, 0.15) is 22.5 Å². The summed E-state index contributed by atoms with van der Waals surface area (Å²) in [5.41, 5.74) is 1.38. The van der Waals surface area contributed by atoms with Crippen molar-refractivity contribution in [1.82, 2.24) is 24.6 Å². The topological polar surface area (TPSA) is 64.7 Å². The molecule has 0 unspecified atom stereocenters. The lowest BCUT2D eigenvalue weighted by atomic mass is 10.2. The van der Waals surface area contributed by atoms with Crippen molar-refractivity contribution in [2.24, 2.45) is 0 Å². The molecule has 0 saturated heterocycles. The van der Waals surface area contributed by atoms with E-state index >= 15 is 0 Å². The second kappa shape index (κ2) is 7.08. The van der Waals surface area contributed by atoms with Crippen LogP contribution in [0.3, 0.4) is 0 Å². The Morgan fingerprint density at radius 3 is 2.92 bits per heavy atom. The number of para-hydroxylation sites is 1. The largest absolute Gasteiger partial charge is 0.352 e. The number of aryl methyl sites for hydroxylation is 1. The molecule has 6 nitrogen and oxygen atoms in total. The van der Waals surface area contributed by atoms with E-state index in [1.807, 2.05) is 10.8 Å². The normalized spacial score (nSPS) is 10.8. The van der Waals surface area contributed by atoms with Crippen LogP contribution in [0.5, 0.6) is 0 Å². The second-order valence-electron chi connectivity index (χ2n) is 5.42. The number of aromatic nitrogens is 4. The van der Waals surface area contributed by atoms with E-state index in [1.165, 1.54) is 16.9 Å². The fourth-order valence-corrected chi connectivity index (χ4v) is 2.48. The summed E-state index contributed by atoms with van der Waals surface area (Å²) in [6.45, 7) is 3.08. The van der Waals surface area contributed by atoms with Crippen molar-refractivity contribution in [1.29, 1.82) is 0 Å². The number of nitrogens with zero attached hydrogens (tertiary/aromatic N) is 4. The predicted octanol–water partition coefficient (Wildman–Crippen LogP) is 2.34. The first-order chi connectivity index (χ1) is 11.7. The highest BCUT2D eigenvalue weighted by Crippen LogP contribution is 2.16. The first kappa shape index (κ1) is 15.9. The van der Waals surface area contributed by atoms with Gasteiger partial charge in [0.1, 0.15) is 11.5 Å². The molecule has 1 amide bonds. The average Bonchev–Trinajstić information content (AvgIpc) is 3.22. The Kier molecular flexibility index (Phi) is 4.69. The van der Waals surface area contributed by atoms with Crippen LogP contribution in [0.2, 0.25) is 0 Å². The summed E-state index contributed by atoms with van der Waals surface area (Å²) in [5.74, 6) is -0.586. The van der Waals surface area contributed by atoms with Gasteiger partial charge in [0, 0.05) is 25.5 Å². The molecule has 7 heteroatoms. The lowest BCUT2D eigenvalue weighted by molar-refractivity contribution is 0.0952. The number of rotatable bonds is 6. The number of carbonyl (C=O) groups is 1. The Balaban J connectivity index is 1.62. The first-order valence-corrected chi connectivity index (χ1v) is 7.70. The van der Waals surface area contributed by atoms with Gasteiger partial charge in [0.15, 0.2) is 0 Å². The summed E-state index contributed by atoms with van der Waals surface area (Å²) >= 11 is 0. The highest BCUT2D eigenvalue weighted by Gasteiger charge is 2.16. The maximum Gasteiger partial charge on any atom is 0.254 e. The fraction of sp³-hybridized carbons (Fsp3) is 0.235. The number of nitrogens with one attached hydrogen (secondary N) is 1. The lowest BCUT2D eigenvalue weighted by Gasteiger charge is -2.07. The van der Waals surface area contributed by atoms with E-state index in [9.17, 15) is 9.18 Å². The minimum Gasteiger partial charge on any atom is -0.352 e. The Morgan fingerprint density at radius 2 is 2.17 bits per heavy atom. The summed E-state index contributed by atoms with van der Waals surface area (Å²) in [4.78, 5) is 16.2. The highest BCUT2D eigenvalue weighted by atomic mass is 19.1. The summed E-state index contributed by atoms with van der Waals surface area (Å²) < 4.78 is 17.3. The highest BCUT2D eigenvalue weighted by molar-refractivity contribution is 5.95. The second-order valence-corrected chi connectivity index (χ2v) is 5.42. The third kappa shape index (κ3) is 3.34. The van der Waals surface area contributed by atoms with E-state index in [-0.39, 0.29) is 11.7 Å². The zero-order valence-corrected chi connectivity index (χ0v) is 13.3. The third-order valence-electron chi connectivity index (χ3n) is 3.77. The summed E-state index contributed by atoms with van der Waals surface area (Å²) in [6.07, 6.45) is 7.60. The number of hydrogen-bond acceptors (Lipinski definition) is 3. The first-order valence-electron chi connectivity index (χ1n) is 7.70. The number of hydrogen-bond donors (Lipinski definition) is 1. The van der Waals surface area contributed by atoms with Crippen molar-refractivity contribution in [2.75, 3.05) is 6.54 Å². The monoisotopic (exact) mass is 327 g/mol. The molecule has 0 radical (unpaired) electrons. The van der Waals surface area contributed by atoms with Crippen LogP contribution in [0.15, 0.2) is 49.2 Å². The molecule has 0 aliphatic rings. The van der Waals surface area contributed by atoms with Gasteiger partial charge in [0.25, 0.3) is 5.91 Å². The summed E-state index contributed by atoms with van der Waals surface area (Å²) in [5, 5.41) is 7.00. The molecule has 0 saturated carbocycles. The molecule has 3 aromatic rings. The maximum absolute atomic E-state index is 13.9. The molecular formula is C17H18FN5O. The van der Waals surface area contributed by atoms with Crippen molar-refractivity contribution in [2.45, 2.75) is 19.9 Å². The zero-order valence-electron chi connectivity index (χ0n) is 13.3. The number of benzene rings is 1. The third-order valence-corrected chi connectivity index (χ3v) is 3.77. The molecule has 0 aliphatic carbocycles. The van der Waals surface area contributed by atoms with E-state index in [0.29, 0.717) is 23.5 Å². The number of halogens is 1.